The van der Waals surface area contributed by atoms with Gasteiger partial charge in [0, 0.05) is 22.7 Å². The summed E-state index contributed by atoms with van der Waals surface area (Å²) in [5.74, 6) is -0.0402. The lowest BCUT2D eigenvalue weighted by molar-refractivity contribution is 0.0987. The van der Waals surface area contributed by atoms with Crippen LogP contribution in [0.25, 0.3) is 0 Å². The maximum absolute atomic E-state index is 12.3. The van der Waals surface area contributed by atoms with E-state index in [4.69, 9.17) is 23.2 Å². The third-order valence-corrected chi connectivity index (χ3v) is 3.50. The van der Waals surface area contributed by atoms with Gasteiger partial charge in [0.2, 0.25) is 0 Å². The summed E-state index contributed by atoms with van der Waals surface area (Å²) in [6.07, 6.45) is 2.62. The Morgan fingerprint density at radius 1 is 1.21 bits per heavy atom. The van der Waals surface area contributed by atoms with Crippen molar-refractivity contribution in [2.45, 2.75) is 19.8 Å². The highest BCUT2D eigenvalue weighted by Gasteiger charge is 2.14. The first-order valence-corrected chi connectivity index (χ1v) is 6.78. The monoisotopic (exact) mass is 293 g/mol. The second kappa shape index (κ2) is 6.18. The van der Waals surface area contributed by atoms with E-state index in [0.717, 1.165) is 17.5 Å². The van der Waals surface area contributed by atoms with Gasteiger partial charge in [0.25, 0.3) is 0 Å². The van der Waals surface area contributed by atoms with Crippen molar-refractivity contribution in [3.8, 4) is 0 Å². The summed E-state index contributed by atoms with van der Waals surface area (Å²) >= 11 is 12.0. The Balaban J connectivity index is 2.28. The molecule has 0 amide bonds. The molecule has 0 aliphatic carbocycles. The van der Waals surface area contributed by atoms with E-state index in [1.165, 1.54) is 0 Å². The molecule has 0 bridgehead atoms. The van der Waals surface area contributed by atoms with E-state index in [1.54, 1.807) is 24.4 Å². The van der Waals surface area contributed by atoms with Crippen LogP contribution < -0.4 is 0 Å². The minimum Gasteiger partial charge on any atom is -0.292 e. The Bertz CT molecular complexity index is 611. The maximum atomic E-state index is 12.3. The maximum Gasteiger partial charge on any atom is 0.185 e. The lowest BCUT2D eigenvalue weighted by atomic mass is 10.0. The molecule has 0 N–H and O–H groups in total. The summed E-state index contributed by atoms with van der Waals surface area (Å²) in [4.78, 5) is 16.5. The van der Waals surface area contributed by atoms with Crippen molar-refractivity contribution < 1.29 is 4.79 Å². The molecule has 0 unspecified atom stereocenters. The quantitative estimate of drug-likeness (QED) is 0.783. The molecule has 2 aromatic rings. The van der Waals surface area contributed by atoms with E-state index < -0.39 is 0 Å². The van der Waals surface area contributed by atoms with Crippen LogP contribution in [0.2, 0.25) is 10.0 Å². The van der Waals surface area contributed by atoms with Crippen LogP contribution in [0.5, 0.6) is 0 Å². The molecular weight excluding hydrogens is 281 g/mol. The van der Waals surface area contributed by atoms with Crippen LogP contribution in [0.3, 0.4) is 0 Å². The van der Waals surface area contributed by atoms with Crippen LogP contribution in [0, 0.1) is 0 Å². The van der Waals surface area contributed by atoms with E-state index in [2.05, 4.69) is 4.98 Å². The molecule has 0 spiro atoms. The van der Waals surface area contributed by atoms with E-state index in [1.807, 2.05) is 19.1 Å². The van der Waals surface area contributed by atoms with Gasteiger partial charge in [0.15, 0.2) is 5.78 Å². The first-order valence-electron chi connectivity index (χ1n) is 6.03. The lowest BCUT2D eigenvalue weighted by Crippen LogP contribution is -2.09. The summed E-state index contributed by atoms with van der Waals surface area (Å²) in [6, 6.07) is 8.87. The van der Waals surface area contributed by atoms with Crippen molar-refractivity contribution in [3.05, 3.63) is 63.4 Å². The van der Waals surface area contributed by atoms with Crippen molar-refractivity contribution in [2.24, 2.45) is 0 Å². The molecule has 0 saturated carbocycles. The first kappa shape index (κ1) is 14.0. The number of rotatable bonds is 4. The number of aromatic nitrogens is 1. The molecule has 0 saturated heterocycles. The van der Waals surface area contributed by atoms with Gasteiger partial charge in [0.05, 0.1) is 0 Å². The van der Waals surface area contributed by atoms with E-state index in [9.17, 15) is 4.79 Å². The predicted molar refractivity (Wildman–Crippen MR) is 78.1 cm³/mol. The fourth-order valence-corrected chi connectivity index (χ4v) is 2.29. The predicted octanol–water partition coefficient (Wildman–Crippen LogP) is 4.38. The Hall–Kier alpha value is -1.38. The van der Waals surface area contributed by atoms with Gasteiger partial charge in [0.1, 0.15) is 5.69 Å². The zero-order valence-electron chi connectivity index (χ0n) is 10.5. The Morgan fingerprint density at radius 2 is 2.00 bits per heavy atom. The highest BCUT2D eigenvalue weighted by Crippen LogP contribution is 2.22. The van der Waals surface area contributed by atoms with Gasteiger partial charge >= 0.3 is 0 Å². The second-order valence-electron chi connectivity index (χ2n) is 4.20. The molecule has 2 rings (SSSR count). The van der Waals surface area contributed by atoms with Crippen LogP contribution >= 0.6 is 23.2 Å². The van der Waals surface area contributed by atoms with Gasteiger partial charge in [-0.15, -0.1) is 0 Å². The summed E-state index contributed by atoms with van der Waals surface area (Å²) in [7, 11) is 0. The molecule has 2 nitrogen and oxygen atoms in total. The standard InChI is InChI=1S/C15H13Cl2NO/c1-2-10-4-3-7-18-15(10)14(19)9-11-8-12(16)5-6-13(11)17/h3-8H,2,9H2,1H3. The van der Waals surface area contributed by atoms with Crippen LogP contribution in [-0.2, 0) is 12.8 Å². The van der Waals surface area contributed by atoms with Gasteiger partial charge in [-0.25, -0.2) is 0 Å². The molecule has 98 valence electrons. The largest absolute Gasteiger partial charge is 0.292 e. The number of pyridine rings is 1. The van der Waals surface area contributed by atoms with Crippen molar-refractivity contribution in [3.63, 3.8) is 0 Å². The number of carbonyl (C=O) groups is 1. The molecule has 19 heavy (non-hydrogen) atoms. The van der Waals surface area contributed by atoms with Gasteiger partial charge in [-0.1, -0.05) is 36.2 Å². The highest BCUT2D eigenvalue weighted by molar-refractivity contribution is 6.33. The number of benzene rings is 1. The Labute approximate surface area is 122 Å². The SMILES string of the molecule is CCc1cccnc1C(=O)Cc1cc(Cl)ccc1Cl. The van der Waals surface area contributed by atoms with Crippen molar-refractivity contribution in [2.75, 3.05) is 0 Å². The molecule has 1 heterocycles. The van der Waals surface area contributed by atoms with Gasteiger partial charge in [-0.2, -0.15) is 0 Å². The van der Waals surface area contributed by atoms with E-state index in [-0.39, 0.29) is 12.2 Å². The Kier molecular flexibility index (Phi) is 4.56. The number of carbonyl (C=O) groups excluding carboxylic acids is 1. The van der Waals surface area contributed by atoms with E-state index >= 15 is 0 Å². The highest BCUT2D eigenvalue weighted by atomic mass is 35.5. The Morgan fingerprint density at radius 3 is 2.74 bits per heavy atom. The molecule has 1 aromatic carbocycles. The molecule has 0 atom stereocenters. The lowest BCUT2D eigenvalue weighted by Gasteiger charge is -2.07. The number of hydrogen-bond donors (Lipinski definition) is 0. The molecule has 1 aromatic heterocycles. The third kappa shape index (κ3) is 3.34. The number of nitrogens with zero attached hydrogens (tertiary/aromatic N) is 1. The minimum atomic E-state index is -0.0402. The zero-order valence-corrected chi connectivity index (χ0v) is 12.0. The molecule has 0 fully saturated rings. The number of Topliss-reactive ketones (excluding diaryl/α,β-unsaturated/α-hetero) is 1. The van der Waals surface area contributed by atoms with Gasteiger partial charge < -0.3 is 0 Å². The van der Waals surface area contributed by atoms with Crippen molar-refractivity contribution >= 4 is 29.0 Å². The van der Waals surface area contributed by atoms with Crippen LogP contribution in [0.4, 0.5) is 0 Å². The number of ketones is 1. The number of halogens is 2. The molecule has 0 aliphatic heterocycles. The minimum absolute atomic E-state index is 0.0402. The second-order valence-corrected chi connectivity index (χ2v) is 5.04. The third-order valence-electron chi connectivity index (χ3n) is 2.90. The molecular formula is C15H13Cl2NO. The van der Waals surface area contributed by atoms with E-state index in [0.29, 0.717) is 15.7 Å². The fraction of sp³-hybridized carbons (Fsp3) is 0.200. The average molecular weight is 294 g/mol. The molecule has 0 radical (unpaired) electrons. The number of hydrogen-bond acceptors (Lipinski definition) is 2. The van der Waals surface area contributed by atoms with Crippen LogP contribution in [0.1, 0.15) is 28.5 Å². The summed E-state index contributed by atoms with van der Waals surface area (Å²) < 4.78 is 0. The fourth-order valence-electron chi connectivity index (χ4n) is 1.91. The smallest absolute Gasteiger partial charge is 0.185 e. The summed E-state index contributed by atoms with van der Waals surface area (Å²) in [5, 5.41) is 1.12. The summed E-state index contributed by atoms with van der Waals surface area (Å²) in [6.45, 7) is 2.00. The van der Waals surface area contributed by atoms with Crippen molar-refractivity contribution in [1.29, 1.82) is 0 Å². The van der Waals surface area contributed by atoms with Crippen LogP contribution in [-0.4, -0.2) is 10.8 Å². The average Bonchev–Trinajstić information content (AvgIpc) is 2.42. The molecule has 0 aliphatic rings. The normalized spacial score (nSPS) is 10.5. The topological polar surface area (TPSA) is 30.0 Å². The van der Waals surface area contributed by atoms with Gasteiger partial charge in [-0.05, 0) is 41.8 Å². The first-order chi connectivity index (χ1) is 9.11. The molecule has 4 heteroatoms. The van der Waals surface area contributed by atoms with Crippen molar-refractivity contribution in [1.82, 2.24) is 4.98 Å². The zero-order chi connectivity index (χ0) is 13.8. The number of aryl methyl sites for hydroxylation is 1. The van der Waals surface area contributed by atoms with Crippen LogP contribution in [0.15, 0.2) is 36.5 Å². The van der Waals surface area contributed by atoms with Gasteiger partial charge in [-0.3, -0.25) is 9.78 Å². The summed E-state index contributed by atoms with van der Waals surface area (Å²) in [5.41, 5.74) is 2.19.